The summed E-state index contributed by atoms with van der Waals surface area (Å²) >= 11 is 0. The second-order valence-electron chi connectivity index (χ2n) is 3.51. The van der Waals surface area contributed by atoms with Crippen LogP contribution >= 0.6 is 0 Å². The summed E-state index contributed by atoms with van der Waals surface area (Å²) < 4.78 is 0. The van der Waals surface area contributed by atoms with Gasteiger partial charge in [-0.1, -0.05) is 12.2 Å². The molecule has 0 aromatic rings. The van der Waals surface area contributed by atoms with Gasteiger partial charge in [0.2, 0.25) is 8.80 Å². The zero-order valence-electron chi connectivity index (χ0n) is 9.30. The van der Waals surface area contributed by atoms with E-state index in [-0.39, 0.29) is 0 Å². The van der Waals surface area contributed by atoms with Crippen LogP contribution in [0.1, 0.15) is 20.8 Å². The molecular weight excluding hydrogens is 212 g/mol. The van der Waals surface area contributed by atoms with Gasteiger partial charge in [-0.05, 0) is 26.8 Å². The van der Waals surface area contributed by atoms with Crippen LogP contribution in [-0.4, -0.2) is 42.0 Å². The lowest BCUT2D eigenvalue weighted by molar-refractivity contribution is -0.123. The molecule has 2 unspecified atom stereocenters. The molecule has 2 atom stereocenters. The summed E-state index contributed by atoms with van der Waals surface area (Å²) in [6, 6.07) is 0.365. The fourth-order valence-corrected chi connectivity index (χ4v) is 3.68. The third-order valence-electron chi connectivity index (χ3n) is 2.12. The van der Waals surface area contributed by atoms with Crippen molar-refractivity contribution in [1.82, 2.24) is 0 Å². The van der Waals surface area contributed by atoms with Crippen molar-refractivity contribution in [1.29, 1.82) is 0 Å². The van der Waals surface area contributed by atoms with Crippen molar-refractivity contribution in [2.75, 3.05) is 0 Å². The van der Waals surface area contributed by atoms with Gasteiger partial charge < -0.3 is 19.8 Å². The van der Waals surface area contributed by atoms with Crippen molar-refractivity contribution in [3.63, 3.8) is 0 Å². The fraction of sp³-hybridized carbons (Fsp3) is 0.600. The Bertz CT molecular complexity index is 238. The van der Waals surface area contributed by atoms with Crippen molar-refractivity contribution < 1.29 is 19.8 Å². The number of carbonyl (C=O) groups excluding carboxylic acids is 2. The van der Waals surface area contributed by atoms with Crippen molar-refractivity contribution in [3.05, 3.63) is 12.2 Å². The van der Waals surface area contributed by atoms with Gasteiger partial charge in [-0.25, -0.2) is 0 Å². The molecule has 15 heavy (non-hydrogen) atoms. The Kier molecular flexibility index (Phi) is 6.31. The molecule has 4 nitrogen and oxygen atoms in total. The molecular formula is C10H18O4Si. The Balaban J connectivity index is 4.72. The van der Waals surface area contributed by atoms with Crippen LogP contribution in [0.15, 0.2) is 12.2 Å². The van der Waals surface area contributed by atoms with E-state index < -0.39 is 31.8 Å². The number of hydrogen-bond donors (Lipinski definition) is 2. The molecule has 0 aliphatic rings. The topological polar surface area (TPSA) is 74.6 Å². The molecule has 0 aliphatic carbocycles. The molecule has 0 aromatic heterocycles. The van der Waals surface area contributed by atoms with Crippen LogP contribution < -0.4 is 0 Å². The molecule has 2 N–H and O–H groups in total. The molecule has 0 radical (unpaired) electrons. The van der Waals surface area contributed by atoms with Crippen LogP contribution in [0.2, 0.25) is 6.04 Å². The van der Waals surface area contributed by atoms with E-state index in [9.17, 15) is 9.59 Å². The molecule has 0 aliphatic heterocycles. The SMILES string of the molecule is CC=CC[SiH](C(=O)C(C)O)C(=O)C(C)O. The molecule has 0 fully saturated rings. The third-order valence-corrected chi connectivity index (χ3v) is 5.20. The summed E-state index contributed by atoms with van der Waals surface area (Å²) in [6.07, 6.45) is 1.26. The van der Waals surface area contributed by atoms with Crippen molar-refractivity contribution in [2.45, 2.75) is 39.0 Å². The molecule has 0 amide bonds. The van der Waals surface area contributed by atoms with Gasteiger partial charge in [-0.3, -0.25) is 0 Å². The van der Waals surface area contributed by atoms with Gasteiger partial charge in [0.05, 0.1) is 0 Å². The van der Waals surface area contributed by atoms with Gasteiger partial charge in [0.15, 0.2) is 0 Å². The van der Waals surface area contributed by atoms with E-state index >= 15 is 0 Å². The first-order valence-corrected chi connectivity index (χ1v) is 6.93. The van der Waals surface area contributed by atoms with Crippen LogP contribution in [0.5, 0.6) is 0 Å². The largest absolute Gasteiger partial charge is 0.386 e. The predicted octanol–water partition coefficient (Wildman–Crippen LogP) is -0.232. The molecule has 0 bridgehead atoms. The average Bonchev–Trinajstić information content (AvgIpc) is 2.17. The van der Waals surface area contributed by atoms with Crippen molar-refractivity contribution in [3.8, 4) is 0 Å². The maximum Gasteiger partial charge on any atom is 0.204 e. The van der Waals surface area contributed by atoms with Crippen molar-refractivity contribution in [2.24, 2.45) is 0 Å². The summed E-state index contributed by atoms with van der Waals surface area (Å²) in [6.45, 7) is 4.51. The fourth-order valence-electron chi connectivity index (χ4n) is 1.23. The number of allylic oxidation sites excluding steroid dienone is 2. The Hall–Kier alpha value is -0.783. The summed E-state index contributed by atoms with van der Waals surface area (Å²) in [4.78, 5) is 23.1. The van der Waals surface area contributed by atoms with Crippen molar-refractivity contribution >= 4 is 19.6 Å². The van der Waals surface area contributed by atoms with Crippen LogP contribution in [-0.2, 0) is 9.59 Å². The summed E-state index contributed by atoms with van der Waals surface area (Å²) in [7, 11) is -2.42. The molecule has 86 valence electrons. The summed E-state index contributed by atoms with van der Waals surface area (Å²) in [5.41, 5.74) is 0. The van der Waals surface area contributed by atoms with Gasteiger partial charge in [0.1, 0.15) is 23.0 Å². The molecule has 0 aromatic carbocycles. The van der Waals surface area contributed by atoms with Crippen LogP contribution in [0.25, 0.3) is 0 Å². The van der Waals surface area contributed by atoms with Gasteiger partial charge in [0, 0.05) is 0 Å². The zero-order valence-corrected chi connectivity index (χ0v) is 10.5. The molecule has 5 heteroatoms. The minimum absolute atomic E-state index is 0.365. The second-order valence-corrected chi connectivity index (χ2v) is 6.23. The minimum atomic E-state index is -2.42. The quantitative estimate of drug-likeness (QED) is 0.488. The summed E-state index contributed by atoms with van der Waals surface area (Å²) in [5, 5.41) is 17.5. The number of carbonyl (C=O) groups is 2. The molecule has 0 saturated carbocycles. The number of aliphatic hydroxyl groups is 2. The lowest BCUT2D eigenvalue weighted by Crippen LogP contribution is -2.45. The first-order chi connectivity index (χ1) is 6.91. The Morgan fingerprint density at radius 2 is 1.60 bits per heavy atom. The average molecular weight is 230 g/mol. The Morgan fingerprint density at radius 1 is 1.20 bits per heavy atom. The predicted molar refractivity (Wildman–Crippen MR) is 60.1 cm³/mol. The van der Waals surface area contributed by atoms with Gasteiger partial charge in [-0.15, -0.1) is 0 Å². The van der Waals surface area contributed by atoms with Gasteiger partial charge >= 0.3 is 0 Å². The Morgan fingerprint density at radius 3 is 1.87 bits per heavy atom. The smallest absolute Gasteiger partial charge is 0.204 e. The van der Waals surface area contributed by atoms with E-state index in [0.29, 0.717) is 6.04 Å². The van der Waals surface area contributed by atoms with E-state index in [1.165, 1.54) is 13.8 Å². The lowest BCUT2D eigenvalue weighted by Gasteiger charge is -2.14. The highest BCUT2D eigenvalue weighted by Crippen LogP contribution is 2.04. The first-order valence-electron chi connectivity index (χ1n) is 4.96. The van der Waals surface area contributed by atoms with E-state index in [1.807, 2.05) is 0 Å². The van der Waals surface area contributed by atoms with Crippen LogP contribution in [0.3, 0.4) is 0 Å². The minimum Gasteiger partial charge on any atom is -0.386 e. The molecule has 0 saturated heterocycles. The highest BCUT2D eigenvalue weighted by molar-refractivity contribution is 7.12. The maximum absolute atomic E-state index is 11.5. The highest BCUT2D eigenvalue weighted by atomic mass is 28.3. The van der Waals surface area contributed by atoms with Crippen LogP contribution in [0, 0.1) is 0 Å². The maximum atomic E-state index is 11.5. The monoisotopic (exact) mass is 230 g/mol. The number of rotatable bonds is 6. The summed E-state index contributed by atoms with van der Waals surface area (Å²) in [5.74, 6) is 0. The molecule has 0 rings (SSSR count). The van der Waals surface area contributed by atoms with E-state index in [0.717, 1.165) is 0 Å². The van der Waals surface area contributed by atoms with Gasteiger partial charge in [-0.2, -0.15) is 0 Å². The normalized spacial score (nSPS) is 17.4. The second kappa shape index (κ2) is 6.65. The molecule has 0 spiro atoms. The first kappa shape index (κ1) is 14.2. The Labute approximate surface area is 91.2 Å². The van der Waals surface area contributed by atoms with E-state index in [4.69, 9.17) is 10.2 Å². The number of hydrogen-bond acceptors (Lipinski definition) is 4. The third kappa shape index (κ3) is 4.50. The zero-order chi connectivity index (χ0) is 12.0. The standard InChI is InChI=1S/C10H18O4Si/c1-4-5-6-15(9(13)7(2)11)10(14)8(3)12/h4-5,7-8,11-12,15H,6H2,1-3H3. The highest BCUT2D eigenvalue weighted by Gasteiger charge is 2.32. The molecule has 0 heterocycles. The van der Waals surface area contributed by atoms with Gasteiger partial charge in [0.25, 0.3) is 0 Å². The van der Waals surface area contributed by atoms with Crippen LogP contribution in [0.4, 0.5) is 0 Å². The lowest BCUT2D eigenvalue weighted by atomic mass is 10.4. The van der Waals surface area contributed by atoms with E-state index in [1.54, 1.807) is 19.1 Å². The number of aliphatic hydroxyl groups excluding tert-OH is 2. The van der Waals surface area contributed by atoms with E-state index in [2.05, 4.69) is 0 Å².